The van der Waals surface area contributed by atoms with Crippen molar-refractivity contribution in [2.75, 3.05) is 6.67 Å². The molecule has 0 saturated heterocycles. The standard InChI is InChI=1S/C4H9F3N2/c1-4(2-5,9-8)3(6)7/h3,9H,2,8H2,1H3. The van der Waals surface area contributed by atoms with Crippen molar-refractivity contribution in [3.05, 3.63) is 0 Å². The topological polar surface area (TPSA) is 38.0 Å². The van der Waals surface area contributed by atoms with E-state index in [0.29, 0.717) is 0 Å². The van der Waals surface area contributed by atoms with Crippen LogP contribution < -0.4 is 11.3 Å². The van der Waals surface area contributed by atoms with Crippen LogP contribution in [0.2, 0.25) is 0 Å². The third-order valence-corrected chi connectivity index (χ3v) is 1.09. The van der Waals surface area contributed by atoms with Crippen LogP contribution in [0.1, 0.15) is 6.92 Å². The van der Waals surface area contributed by atoms with Gasteiger partial charge in [0, 0.05) is 0 Å². The SMILES string of the molecule is CC(CF)(NN)C(F)F. The molecule has 56 valence electrons. The van der Waals surface area contributed by atoms with Crippen molar-refractivity contribution in [2.45, 2.75) is 18.9 Å². The first kappa shape index (κ1) is 8.71. The van der Waals surface area contributed by atoms with E-state index in [4.69, 9.17) is 0 Å². The summed E-state index contributed by atoms with van der Waals surface area (Å²) in [6.45, 7) is -0.168. The molecule has 0 saturated carbocycles. The zero-order chi connectivity index (χ0) is 7.49. The molecule has 1 unspecified atom stereocenters. The van der Waals surface area contributed by atoms with E-state index in [1.807, 2.05) is 0 Å². The Morgan fingerprint density at radius 3 is 2.11 bits per heavy atom. The zero-order valence-electron chi connectivity index (χ0n) is 5.00. The maximum absolute atomic E-state index is 11.7. The summed E-state index contributed by atoms with van der Waals surface area (Å²) in [6, 6.07) is 0. The van der Waals surface area contributed by atoms with Crippen LogP contribution in [0, 0.1) is 0 Å². The van der Waals surface area contributed by atoms with Crippen LogP contribution in [0.15, 0.2) is 0 Å². The molecule has 0 aromatic rings. The van der Waals surface area contributed by atoms with E-state index in [9.17, 15) is 13.2 Å². The van der Waals surface area contributed by atoms with Crippen molar-refractivity contribution in [1.82, 2.24) is 5.43 Å². The van der Waals surface area contributed by atoms with E-state index in [1.165, 1.54) is 0 Å². The summed E-state index contributed by atoms with van der Waals surface area (Å²) in [5.74, 6) is 4.65. The predicted molar refractivity (Wildman–Crippen MR) is 27.7 cm³/mol. The lowest BCUT2D eigenvalue weighted by Crippen LogP contribution is -2.54. The first-order valence-electron chi connectivity index (χ1n) is 2.38. The van der Waals surface area contributed by atoms with Crippen LogP contribution >= 0.6 is 0 Å². The molecule has 0 aliphatic heterocycles. The summed E-state index contributed by atoms with van der Waals surface area (Å²) in [6.07, 6.45) is -2.78. The third kappa shape index (κ3) is 1.83. The molecule has 0 aromatic carbocycles. The van der Waals surface area contributed by atoms with E-state index in [0.717, 1.165) is 6.92 Å². The first-order chi connectivity index (χ1) is 4.06. The van der Waals surface area contributed by atoms with E-state index < -0.39 is 18.6 Å². The van der Waals surface area contributed by atoms with E-state index in [1.54, 1.807) is 5.43 Å². The normalized spacial score (nSPS) is 18.0. The van der Waals surface area contributed by atoms with Gasteiger partial charge in [-0.1, -0.05) is 0 Å². The molecule has 0 radical (unpaired) electrons. The molecule has 0 aromatic heterocycles. The van der Waals surface area contributed by atoms with Crippen LogP contribution in [0.4, 0.5) is 13.2 Å². The van der Waals surface area contributed by atoms with Gasteiger partial charge in [-0.3, -0.25) is 5.84 Å². The van der Waals surface area contributed by atoms with Crippen molar-refractivity contribution in [1.29, 1.82) is 0 Å². The summed E-state index contributed by atoms with van der Waals surface area (Å²) < 4.78 is 35.1. The van der Waals surface area contributed by atoms with Gasteiger partial charge in [-0.05, 0) is 6.92 Å². The van der Waals surface area contributed by atoms with Crippen molar-refractivity contribution in [3.63, 3.8) is 0 Å². The highest BCUT2D eigenvalue weighted by Gasteiger charge is 2.33. The van der Waals surface area contributed by atoms with Gasteiger partial charge in [0.25, 0.3) is 6.43 Å². The number of nitrogens with two attached hydrogens (primary N) is 1. The van der Waals surface area contributed by atoms with Crippen LogP contribution in [0.5, 0.6) is 0 Å². The van der Waals surface area contributed by atoms with Crippen LogP contribution in [0.25, 0.3) is 0 Å². The molecule has 0 amide bonds. The van der Waals surface area contributed by atoms with Gasteiger partial charge in [0.1, 0.15) is 12.2 Å². The molecule has 1 atom stereocenters. The Hall–Kier alpha value is -0.290. The Morgan fingerprint density at radius 2 is 2.11 bits per heavy atom. The molecule has 3 N–H and O–H groups in total. The predicted octanol–water partition coefficient (Wildman–Crippen LogP) is 0.443. The Bertz CT molecular complexity index is 81.9. The number of alkyl halides is 3. The Morgan fingerprint density at radius 1 is 1.67 bits per heavy atom. The molecule has 5 heteroatoms. The molecule has 0 rings (SSSR count). The molecular weight excluding hydrogens is 133 g/mol. The molecule has 0 fully saturated rings. The lowest BCUT2D eigenvalue weighted by Gasteiger charge is -2.23. The summed E-state index contributed by atoms with van der Waals surface area (Å²) in [5, 5.41) is 0. The van der Waals surface area contributed by atoms with Gasteiger partial charge in [0.05, 0.1) is 0 Å². The van der Waals surface area contributed by atoms with Crippen LogP contribution in [-0.2, 0) is 0 Å². The Labute approximate surface area is 51.2 Å². The molecule has 0 bridgehead atoms. The number of rotatable bonds is 3. The third-order valence-electron chi connectivity index (χ3n) is 1.09. The highest BCUT2D eigenvalue weighted by atomic mass is 19.3. The van der Waals surface area contributed by atoms with E-state index >= 15 is 0 Å². The fourth-order valence-corrected chi connectivity index (χ4v) is 0.160. The van der Waals surface area contributed by atoms with Gasteiger partial charge >= 0.3 is 0 Å². The van der Waals surface area contributed by atoms with Crippen molar-refractivity contribution < 1.29 is 13.2 Å². The maximum atomic E-state index is 11.7. The zero-order valence-corrected chi connectivity index (χ0v) is 5.00. The highest BCUT2D eigenvalue weighted by Crippen LogP contribution is 2.13. The van der Waals surface area contributed by atoms with Gasteiger partial charge in [0.15, 0.2) is 0 Å². The molecule has 0 aliphatic rings. The number of hydrazine groups is 1. The molecular formula is C4H9F3N2. The number of halogens is 3. The molecule has 0 spiro atoms. The number of hydrogen-bond donors (Lipinski definition) is 2. The molecule has 2 nitrogen and oxygen atoms in total. The van der Waals surface area contributed by atoms with E-state index in [-0.39, 0.29) is 0 Å². The van der Waals surface area contributed by atoms with Gasteiger partial charge in [0.2, 0.25) is 0 Å². The average molecular weight is 142 g/mol. The lowest BCUT2D eigenvalue weighted by atomic mass is 10.1. The van der Waals surface area contributed by atoms with Crippen molar-refractivity contribution in [3.8, 4) is 0 Å². The van der Waals surface area contributed by atoms with E-state index in [2.05, 4.69) is 5.84 Å². The van der Waals surface area contributed by atoms with Crippen molar-refractivity contribution >= 4 is 0 Å². The minimum atomic E-state index is -2.78. The second-order valence-corrected chi connectivity index (χ2v) is 2.00. The smallest absolute Gasteiger partial charge is 0.260 e. The number of hydrogen-bond acceptors (Lipinski definition) is 2. The monoisotopic (exact) mass is 142 g/mol. The molecule has 0 aliphatic carbocycles. The first-order valence-corrected chi connectivity index (χ1v) is 2.38. The Kier molecular flexibility index (Phi) is 2.93. The lowest BCUT2D eigenvalue weighted by molar-refractivity contribution is 0.0256. The van der Waals surface area contributed by atoms with Crippen LogP contribution in [0.3, 0.4) is 0 Å². The molecule has 9 heavy (non-hydrogen) atoms. The highest BCUT2D eigenvalue weighted by molar-refractivity contribution is 4.82. The minimum absolute atomic E-state index is 1.01. The second kappa shape index (κ2) is 3.03. The second-order valence-electron chi connectivity index (χ2n) is 2.00. The minimum Gasteiger partial charge on any atom is -0.271 e. The number of nitrogens with one attached hydrogen (secondary N) is 1. The average Bonchev–Trinajstić information content (AvgIpc) is 1.86. The maximum Gasteiger partial charge on any atom is 0.260 e. The molecule has 0 heterocycles. The Balaban J connectivity index is 3.92. The fourth-order valence-electron chi connectivity index (χ4n) is 0.160. The summed E-state index contributed by atoms with van der Waals surface area (Å²) in [4.78, 5) is 0. The largest absolute Gasteiger partial charge is 0.271 e. The summed E-state index contributed by atoms with van der Waals surface area (Å²) >= 11 is 0. The van der Waals surface area contributed by atoms with Gasteiger partial charge in [-0.2, -0.15) is 0 Å². The quantitative estimate of drug-likeness (QED) is 0.443. The summed E-state index contributed by atoms with van der Waals surface area (Å²) in [5.41, 5.74) is -0.186. The van der Waals surface area contributed by atoms with Crippen molar-refractivity contribution in [2.24, 2.45) is 5.84 Å². The van der Waals surface area contributed by atoms with Crippen LogP contribution in [-0.4, -0.2) is 18.6 Å². The summed E-state index contributed by atoms with van der Waals surface area (Å²) in [7, 11) is 0. The fraction of sp³-hybridized carbons (Fsp3) is 1.00. The van der Waals surface area contributed by atoms with Gasteiger partial charge in [-0.25, -0.2) is 18.6 Å². The van der Waals surface area contributed by atoms with Gasteiger partial charge in [-0.15, -0.1) is 0 Å². The van der Waals surface area contributed by atoms with Gasteiger partial charge < -0.3 is 0 Å².